The number of imidazole rings is 1. The molecule has 2 aliphatic heterocycles. The van der Waals surface area contributed by atoms with Crippen LogP contribution in [-0.4, -0.2) is 55.6 Å². The molecule has 2 aliphatic rings. The molecule has 0 aliphatic carbocycles. The van der Waals surface area contributed by atoms with Crippen molar-refractivity contribution >= 4 is 5.82 Å². The highest BCUT2D eigenvalue weighted by Crippen LogP contribution is 2.41. The fraction of sp³-hybridized carbons (Fsp3) is 0.194. The number of nitrogens with zero attached hydrogens (tertiary/aromatic N) is 8. The average molecular weight is 545 g/mol. The molecule has 9 nitrogen and oxygen atoms in total. The lowest BCUT2D eigenvalue weighted by Crippen LogP contribution is -2.46. The Morgan fingerprint density at radius 3 is 2.41 bits per heavy atom. The van der Waals surface area contributed by atoms with Crippen LogP contribution in [0.5, 0.6) is 5.88 Å². The van der Waals surface area contributed by atoms with E-state index in [-0.39, 0.29) is 24.0 Å². The standard InChI is InChI=1S/C31H25FN8O/c32-24-10-12-35-31-27(24)30-37-28(29(40(30)20-41-31)23-4-2-1-3-5-23)22-8-6-21(7-9-22)19-38-14-16-39(17-15-38)26-11-13-34-25(18-33)36-26/h1-13H,14-17,19-20H2. The Morgan fingerprint density at radius 1 is 0.854 bits per heavy atom. The summed E-state index contributed by atoms with van der Waals surface area (Å²) in [7, 11) is 0. The minimum Gasteiger partial charge on any atom is -0.455 e. The van der Waals surface area contributed by atoms with Crippen molar-refractivity contribution in [3.8, 4) is 45.9 Å². The lowest BCUT2D eigenvalue weighted by molar-refractivity contribution is 0.220. The number of nitriles is 1. The zero-order valence-corrected chi connectivity index (χ0v) is 22.1. The van der Waals surface area contributed by atoms with Gasteiger partial charge in [-0.2, -0.15) is 5.26 Å². The first kappa shape index (κ1) is 24.9. The van der Waals surface area contributed by atoms with E-state index >= 15 is 0 Å². The second kappa shape index (κ2) is 10.4. The van der Waals surface area contributed by atoms with E-state index in [2.05, 4.69) is 49.0 Å². The molecular formula is C31H25FN8O. The zero-order chi connectivity index (χ0) is 27.8. The molecule has 0 atom stereocenters. The summed E-state index contributed by atoms with van der Waals surface area (Å²) >= 11 is 0. The van der Waals surface area contributed by atoms with Crippen LogP contribution in [0.3, 0.4) is 0 Å². The summed E-state index contributed by atoms with van der Waals surface area (Å²) in [5.41, 5.74) is 5.05. The van der Waals surface area contributed by atoms with Gasteiger partial charge in [0.2, 0.25) is 11.7 Å². The van der Waals surface area contributed by atoms with Gasteiger partial charge in [0.1, 0.15) is 23.3 Å². The van der Waals surface area contributed by atoms with E-state index in [1.165, 1.54) is 17.8 Å². The molecule has 1 saturated heterocycles. The summed E-state index contributed by atoms with van der Waals surface area (Å²) in [6, 6.07) is 23.6. The van der Waals surface area contributed by atoms with Crippen LogP contribution in [0.15, 0.2) is 79.1 Å². The van der Waals surface area contributed by atoms with Gasteiger partial charge in [0.25, 0.3) is 0 Å². The second-order valence-electron chi connectivity index (χ2n) is 9.98. The molecule has 5 heterocycles. The Hall–Kier alpha value is -5.14. The Kier molecular flexibility index (Phi) is 6.34. The largest absolute Gasteiger partial charge is 0.455 e. The SMILES string of the molecule is N#Cc1nccc(N2CCN(Cc3ccc(-c4nc5n(c4-c4ccccc4)COc4nccc(F)c4-5)cc3)CC2)n1. The highest BCUT2D eigenvalue weighted by Gasteiger charge is 2.29. The van der Waals surface area contributed by atoms with Crippen LogP contribution in [-0.2, 0) is 13.3 Å². The van der Waals surface area contributed by atoms with E-state index in [9.17, 15) is 4.39 Å². The Bertz CT molecular complexity index is 1760. The molecule has 3 aromatic heterocycles. The number of hydrogen-bond acceptors (Lipinski definition) is 8. The third-order valence-corrected chi connectivity index (χ3v) is 7.50. The molecule has 10 heteroatoms. The highest BCUT2D eigenvalue weighted by atomic mass is 19.1. The van der Waals surface area contributed by atoms with Crippen LogP contribution >= 0.6 is 0 Å². The summed E-state index contributed by atoms with van der Waals surface area (Å²) in [5, 5.41) is 9.09. The Balaban J connectivity index is 1.13. The van der Waals surface area contributed by atoms with E-state index in [4.69, 9.17) is 15.0 Å². The van der Waals surface area contributed by atoms with E-state index in [0.717, 1.165) is 61.1 Å². The molecule has 0 amide bonds. The number of ether oxygens (including phenoxy) is 1. The van der Waals surface area contributed by atoms with Gasteiger partial charge in [0, 0.05) is 56.2 Å². The molecule has 7 rings (SSSR count). The number of fused-ring (bicyclic) bond motifs is 3. The number of aromatic nitrogens is 5. The van der Waals surface area contributed by atoms with Gasteiger partial charge in [-0.15, -0.1) is 0 Å². The number of piperazine rings is 1. The van der Waals surface area contributed by atoms with Crippen LogP contribution in [0, 0.1) is 17.1 Å². The van der Waals surface area contributed by atoms with Gasteiger partial charge in [-0.1, -0.05) is 54.6 Å². The minimum absolute atomic E-state index is 0.192. The molecule has 0 spiro atoms. The average Bonchev–Trinajstić information content (AvgIpc) is 3.42. The van der Waals surface area contributed by atoms with Crippen molar-refractivity contribution in [1.82, 2.24) is 29.4 Å². The molecule has 5 aromatic rings. The van der Waals surface area contributed by atoms with Gasteiger partial charge in [0.15, 0.2) is 12.6 Å². The number of hydrogen-bond donors (Lipinski definition) is 0. The smallest absolute Gasteiger partial charge is 0.234 e. The summed E-state index contributed by atoms with van der Waals surface area (Å²) in [5.74, 6) is 1.35. The lowest BCUT2D eigenvalue weighted by atomic mass is 10.0. The number of benzene rings is 2. The van der Waals surface area contributed by atoms with Crippen LogP contribution in [0.4, 0.5) is 10.2 Å². The van der Waals surface area contributed by atoms with Crippen LogP contribution in [0.25, 0.3) is 33.9 Å². The van der Waals surface area contributed by atoms with Crippen molar-refractivity contribution in [3.63, 3.8) is 0 Å². The molecule has 1 fully saturated rings. The van der Waals surface area contributed by atoms with Crippen molar-refractivity contribution in [2.75, 3.05) is 31.1 Å². The van der Waals surface area contributed by atoms with Gasteiger partial charge in [-0.3, -0.25) is 9.47 Å². The molecule has 2 aromatic carbocycles. The molecule has 0 N–H and O–H groups in total. The fourth-order valence-electron chi connectivity index (χ4n) is 5.46. The van der Waals surface area contributed by atoms with Crippen molar-refractivity contribution in [2.24, 2.45) is 0 Å². The van der Waals surface area contributed by atoms with Crippen molar-refractivity contribution < 1.29 is 9.13 Å². The third kappa shape index (κ3) is 4.66. The number of anilines is 1. The quantitative estimate of drug-likeness (QED) is 0.313. The molecule has 0 bridgehead atoms. The first-order chi connectivity index (χ1) is 20.2. The van der Waals surface area contributed by atoms with Crippen molar-refractivity contribution in [3.05, 3.63) is 96.3 Å². The van der Waals surface area contributed by atoms with E-state index in [1.54, 1.807) is 6.20 Å². The third-order valence-electron chi connectivity index (χ3n) is 7.50. The monoisotopic (exact) mass is 544 g/mol. The summed E-state index contributed by atoms with van der Waals surface area (Å²) < 4.78 is 22.7. The molecular weight excluding hydrogens is 519 g/mol. The Morgan fingerprint density at radius 2 is 1.63 bits per heavy atom. The molecule has 202 valence electrons. The lowest BCUT2D eigenvalue weighted by Gasteiger charge is -2.35. The molecule has 41 heavy (non-hydrogen) atoms. The zero-order valence-electron chi connectivity index (χ0n) is 22.1. The molecule has 0 saturated carbocycles. The molecule has 0 radical (unpaired) electrons. The highest BCUT2D eigenvalue weighted by molar-refractivity contribution is 5.83. The first-order valence-corrected chi connectivity index (χ1v) is 13.4. The topological polar surface area (TPSA) is 96.0 Å². The first-order valence-electron chi connectivity index (χ1n) is 13.4. The van der Waals surface area contributed by atoms with Crippen LogP contribution < -0.4 is 9.64 Å². The fourth-order valence-corrected chi connectivity index (χ4v) is 5.46. The minimum atomic E-state index is -0.409. The van der Waals surface area contributed by atoms with Gasteiger partial charge in [-0.05, 0) is 17.7 Å². The number of rotatable bonds is 5. The second-order valence-corrected chi connectivity index (χ2v) is 9.98. The van der Waals surface area contributed by atoms with Crippen LogP contribution in [0.1, 0.15) is 11.4 Å². The normalized spacial score (nSPS) is 14.6. The predicted octanol–water partition coefficient (Wildman–Crippen LogP) is 4.75. The Labute approximate surface area is 236 Å². The van der Waals surface area contributed by atoms with Gasteiger partial charge in [0.05, 0.1) is 11.4 Å². The van der Waals surface area contributed by atoms with E-state index in [0.29, 0.717) is 5.82 Å². The van der Waals surface area contributed by atoms with Gasteiger partial charge in [-0.25, -0.2) is 24.3 Å². The van der Waals surface area contributed by atoms with E-state index < -0.39 is 5.82 Å². The van der Waals surface area contributed by atoms with Crippen LogP contribution in [0.2, 0.25) is 0 Å². The maximum absolute atomic E-state index is 14.9. The summed E-state index contributed by atoms with van der Waals surface area (Å²) in [4.78, 5) is 22.1. The summed E-state index contributed by atoms with van der Waals surface area (Å²) in [6.07, 6.45) is 3.04. The maximum Gasteiger partial charge on any atom is 0.234 e. The van der Waals surface area contributed by atoms with Crippen molar-refractivity contribution in [1.29, 1.82) is 5.26 Å². The molecule has 0 unspecified atom stereocenters. The van der Waals surface area contributed by atoms with E-state index in [1.807, 2.05) is 47.0 Å². The van der Waals surface area contributed by atoms with Crippen molar-refractivity contribution in [2.45, 2.75) is 13.3 Å². The predicted molar refractivity (Wildman–Crippen MR) is 151 cm³/mol. The summed E-state index contributed by atoms with van der Waals surface area (Å²) in [6.45, 7) is 4.46. The number of halogens is 1. The van der Waals surface area contributed by atoms with Gasteiger partial charge < -0.3 is 9.64 Å². The number of pyridine rings is 1. The van der Waals surface area contributed by atoms with Gasteiger partial charge >= 0.3 is 0 Å². The maximum atomic E-state index is 14.9.